The van der Waals surface area contributed by atoms with Crippen LogP contribution in [0.5, 0.6) is 5.75 Å². The lowest BCUT2D eigenvalue weighted by Crippen LogP contribution is -2.41. The molecule has 0 radical (unpaired) electrons. The van der Waals surface area contributed by atoms with Crippen LogP contribution in [0, 0.1) is 5.82 Å². The number of aromatic nitrogens is 2. The van der Waals surface area contributed by atoms with Crippen LogP contribution >= 0.6 is 0 Å². The van der Waals surface area contributed by atoms with Crippen LogP contribution in [0.4, 0.5) is 16.0 Å². The molecule has 0 aliphatic carbocycles. The van der Waals surface area contributed by atoms with Gasteiger partial charge < -0.3 is 25.0 Å². The van der Waals surface area contributed by atoms with E-state index in [9.17, 15) is 9.18 Å². The second-order valence-corrected chi connectivity index (χ2v) is 8.21. The number of carbonyl (C=O) groups is 1. The number of hydrogen-bond acceptors (Lipinski definition) is 7. The minimum atomic E-state index is -0.343. The number of rotatable bonds is 5. The number of nitrogens with one attached hydrogen (secondary N) is 2. The van der Waals surface area contributed by atoms with Gasteiger partial charge in [0.25, 0.3) is 5.91 Å². The Kier molecular flexibility index (Phi) is 6.32. The Morgan fingerprint density at radius 3 is 2.79 bits per heavy atom. The molecule has 1 aromatic heterocycles. The van der Waals surface area contributed by atoms with E-state index in [2.05, 4.69) is 20.6 Å². The summed E-state index contributed by atoms with van der Waals surface area (Å²) in [4.78, 5) is 24.1. The second kappa shape index (κ2) is 9.68. The van der Waals surface area contributed by atoms with Crippen molar-refractivity contribution < 1.29 is 18.7 Å². The van der Waals surface area contributed by atoms with Crippen LogP contribution < -0.4 is 15.4 Å². The summed E-state index contributed by atoms with van der Waals surface area (Å²) in [6.07, 6.45) is 3.44. The van der Waals surface area contributed by atoms with E-state index in [-0.39, 0.29) is 17.8 Å². The zero-order valence-electron chi connectivity index (χ0n) is 18.2. The zero-order chi connectivity index (χ0) is 22.6. The first-order valence-corrected chi connectivity index (χ1v) is 11.2. The normalized spacial score (nSPS) is 17.2. The third-order valence-corrected chi connectivity index (χ3v) is 5.87. The second-order valence-electron chi connectivity index (χ2n) is 8.21. The van der Waals surface area contributed by atoms with Crippen molar-refractivity contribution in [1.82, 2.24) is 20.2 Å². The van der Waals surface area contributed by atoms with E-state index < -0.39 is 0 Å². The molecular weight excluding hydrogens is 425 g/mol. The number of fused-ring (bicyclic) bond motifs is 1. The average molecular weight is 452 g/mol. The van der Waals surface area contributed by atoms with E-state index in [4.69, 9.17) is 9.47 Å². The van der Waals surface area contributed by atoms with Gasteiger partial charge in [0.05, 0.1) is 24.3 Å². The van der Waals surface area contributed by atoms with Crippen LogP contribution in [0.2, 0.25) is 0 Å². The highest BCUT2D eigenvalue weighted by Gasteiger charge is 2.25. The molecule has 2 saturated heterocycles. The Morgan fingerprint density at radius 2 is 2.00 bits per heavy atom. The standard InChI is InChI=1S/C24H26FN5O3/c25-17-2-1-3-18(13-17)28-24-27-15-16-12-20(23(31)30-8-10-32-11-9-30)22(14-21(16)29-24)33-19-4-6-26-7-5-19/h1-3,12-15,19,26H,4-11H2,(H,27,28,29). The Hall–Kier alpha value is -3.30. The molecule has 5 rings (SSSR count). The molecule has 3 heterocycles. The number of amides is 1. The third-order valence-electron chi connectivity index (χ3n) is 5.87. The molecule has 0 saturated carbocycles. The number of halogens is 1. The van der Waals surface area contributed by atoms with E-state index in [0.717, 1.165) is 31.3 Å². The van der Waals surface area contributed by atoms with Gasteiger partial charge in [-0.15, -0.1) is 0 Å². The fourth-order valence-electron chi connectivity index (χ4n) is 4.11. The molecule has 0 unspecified atom stereocenters. The van der Waals surface area contributed by atoms with Crippen LogP contribution in [-0.2, 0) is 4.74 Å². The fourth-order valence-corrected chi connectivity index (χ4v) is 4.11. The molecule has 0 bridgehead atoms. The topological polar surface area (TPSA) is 88.6 Å². The highest BCUT2D eigenvalue weighted by Crippen LogP contribution is 2.29. The minimum Gasteiger partial charge on any atom is -0.489 e. The van der Waals surface area contributed by atoms with Gasteiger partial charge in [-0.05, 0) is 50.2 Å². The average Bonchev–Trinajstić information content (AvgIpc) is 2.84. The number of anilines is 2. The summed E-state index contributed by atoms with van der Waals surface area (Å²) in [7, 11) is 0. The van der Waals surface area contributed by atoms with Gasteiger partial charge in [-0.1, -0.05) is 6.07 Å². The highest BCUT2D eigenvalue weighted by atomic mass is 19.1. The lowest BCUT2D eigenvalue weighted by atomic mass is 10.1. The number of hydrogen-bond donors (Lipinski definition) is 2. The summed E-state index contributed by atoms with van der Waals surface area (Å²) < 4.78 is 25.3. The van der Waals surface area contributed by atoms with Gasteiger partial charge in [-0.3, -0.25) is 4.79 Å². The van der Waals surface area contributed by atoms with Crippen molar-refractivity contribution in [2.45, 2.75) is 18.9 Å². The molecule has 0 atom stereocenters. The molecule has 2 fully saturated rings. The molecule has 9 heteroatoms. The number of carbonyl (C=O) groups excluding carboxylic acids is 1. The molecule has 2 aliphatic rings. The fraction of sp³-hybridized carbons (Fsp3) is 0.375. The lowest BCUT2D eigenvalue weighted by molar-refractivity contribution is 0.0298. The van der Waals surface area contributed by atoms with Crippen molar-refractivity contribution in [3.63, 3.8) is 0 Å². The monoisotopic (exact) mass is 451 g/mol. The summed E-state index contributed by atoms with van der Waals surface area (Å²) >= 11 is 0. The SMILES string of the molecule is O=C(c1cc2cnc(Nc3cccc(F)c3)nc2cc1OC1CCNCC1)N1CCOCC1. The molecular formula is C24H26FN5O3. The molecule has 2 aromatic carbocycles. The van der Waals surface area contributed by atoms with Gasteiger partial charge >= 0.3 is 0 Å². The van der Waals surface area contributed by atoms with Crippen molar-refractivity contribution >= 4 is 28.4 Å². The molecule has 2 aliphatic heterocycles. The number of piperidine rings is 1. The van der Waals surface area contributed by atoms with Gasteiger partial charge in [0.15, 0.2) is 0 Å². The number of morpholine rings is 1. The van der Waals surface area contributed by atoms with Gasteiger partial charge in [-0.25, -0.2) is 14.4 Å². The first kappa shape index (κ1) is 21.5. The summed E-state index contributed by atoms with van der Waals surface area (Å²) in [6, 6.07) is 9.73. The van der Waals surface area contributed by atoms with Gasteiger partial charge in [-0.2, -0.15) is 0 Å². The van der Waals surface area contributed by atoms with Gasteiger partial charge in [0.1, 0.15) is 17.7 Å². The quantitative estimate of drug-likeness (QED) is 0.616. The van der Waals surface area contributed by atoms with E-state index >= 15 is 0 Å². The molecule has 172 valence electrons. The summed E-state index contributed by atoms with van der Waals surface area (Å²) in [5.74, 6) is 0.449. The van der Waals surface area contributed by atoms with Crippen molar-refractivity contribution in [3.8, 4) is 5.75 Å². The summed E-state index contributed by atoms with van der Waals surface area (Å²) in [6.45, 7) is 3.93. The molecule has 3 aromatic rings. The van der Waals surface area contributed by atoms with E-state index in [1.165, 1.54) is 12.1 Å². The molecule has 0 spiro atoms. The molecule has 33 heavy (non-hydrogen) atoms. The van der Waals surface area contributed by atoms with E-state index in [1.54, 1.807) is 29.3 Å². The van der Waals surface area contributed by atoms with Gasteiger partial charge in [0.2, 0.25) is 5.95 Å². The van der Waals surface area contributed by atoms with Gasteiger partial charge in [0, 0.05) is 36.4 Å². The van der Waals surface area contributed by atoms with Crippen molar-refractivity contribution in [2.24, 2.45) is 0 Å². The lowest BCUT2D eigenvalue weighted by Gasteiger charge is -2.29. The van der Waals surface area contributed by atoms with E-state index in [0.29, 0.717) is 54.8 Å². The third kappa shape index (κ3) is 5.04. The van der Waals surface area contributed by atoms with Crippen molar-refractivity contribution in [3.05, 3.63) is 54.0 Å². The van der Waals surface area contributed by atoms with Crippen molar-refractivity contribution in [1.29, 1.82) is 0 Å². The zero-order valence-corrected chi connectivity index (χ0v) is 18.2. The largest absolute Gasteiger partial charge is 0.489 e. The molecule has 2 N–H and O–H groups in total. The summed E-state index contributed by atoms with van der Waals surface area (Å²) in [5, 5.41) is 7.09. The maximum Gasteiger partial charge on any atom is 0.257 e. The predicted molar refractivity (Wildman–Crippen MR) is 122 cm³/mol. The number of nitrogens with zero attached hydrogens (tertiary/aromatic N) is 3. The van der Waals surface area contributed by atoms with Crippen LogP contribution in [0.1, 0.15) is 23.2 Å². The molecule has 1 amide bonds. The van der Waals surface area contributed by atoms with Crippen LogP contribution in [0.3, 0.4) is 0 Å². The van der Waals surface area contributed by atoms with Crippen LogP contribution in [-0.4, -0.2) is 66.3 Å². The first-order chi connectivity index (χ1) is 16.2. The van der Waals surface area contributed by atoms with Crippen LogP contribution in [0.25, 0.3) is 10.9 Å². The highest BCUT2D eigenvalue weighted by molar-refractivity contribution is 6.01. The Morgan fingerprint density at radius 1 is 1.18 bits per heavy atom. The Labute approximate surface area is 191 Å². The van der Waals surface area contributed by atoms with E-state index in [1.807, 2.05) is 6.07 Å². The molecule has 8 nitrogen and oxygen atoms in total. The Bertz CT molecular complexity index is 1150. The van der Waals surface area contributed by atoms with Crippen LogP contribution in [0.15, 0.2) is 42.6 Å². The predicted octanol–water partition coefficient (Wildman–Crippen LogP) is 3.12. The first-order valence-electron chi connectivity index (χ1n) is 11.2. The number of benzene rings is 2. The smallest absolute Gasteiger partial charge is 0.257 e. The van der Waals surface area contributed by atoms with Crippen molar-refractivity contribution in [2.75, 3.05) is 44.7 Å². The summed E-state index contributed by atoms with van der Waals surface area (Å²) in [5.41, 5.74) is 1.71. The Balaban J connectivity index is 1.48. The number of ether oxygens (including phenoxy) is 2. The maximum absolute atomic E-state index is 13.5. The maximum atomic E-state index is 13.5. The minimum absolute atomic E-state index is 0.0339.